The van der Waals surface area contributed by atoms with Gasteiger partial charge in [0, 0.05) is 30.4 Å². The molecule has 116 valence electrons. The Morgan fingerprint density at radius 3 is 2.95 bits per heavy atom. The fourth-order valence-electron chi connectivity index (χ4n) is 2.37. The molecule has 0 saturated carbocycles. The molecule has 1 aliphatic rings. The number of carbonyl (C=O) groups is 1. The van der Waals surface area contributed by atoms with Crippen molar-refractivity contribution in [2.45, 2.75) is 17.7 Å². The average molecular weight is 337 g/mol. The summed E-state index contributed by atoms with van der Waals surface area (Å²) < 4.78 is 27.2. The van der Waals surface area contributed by atoms with Gasteiger partial charge in [0.15, 0.2) is 0 Å². The number of hydrogen-bond acceptors (Lipinski definition) is 5. The molecular formula is C14H15N3O3S2. The van der Waals surface area contributed by atoms with E-state index in [-0.39, 0.29) is 17.2 Å². The first-order chi connectivity index (χ1) is 10.5. The molecule has 6 nitrogen and oxygen atoms in total. The van der Waals surface area contributed by atoms with Crippen molar-refractivity contribution in [3.63, 3.8) is 0 Å². The second-order valence-corrected chi connectivity index (χ2v) is 7.77. The molecule has 1 aromatic carbocycles. The van der Waals surface area contributed by atoms with Crippen molar-refractivity contribution in [1.82, 2.24) is 9.71 Å². The number of nitrogens with zero attached hydrogens (tertiary/aromatic N) is 2. The monoisotopic (exact) mass is 337 g/mol. The Kier molecular flexibility index (Phi) is 3.98. The maximum absolute atomic E-state index is 12.3. The molecule has 0 fully saturated rings. The van der Waals surface area contributed by atoms with Crippen LogP contribution in [0.15, 0.2) is 34.8 Å². The Labute approximate surface area is 132 Å². The van der Waals surface area contributed by atoms with Crippen molar-refractivity contribution in [2.75, 3.05) is 18.5 Å². The number of nitrogens with one attached hydrogen (secondary N) is 1. The molecule has 0 atom stereocenters. The zero-order valence-corrected chi connectivity index (χ0v) is 13.6. The summed E-state index contributed by atoms with van der Waals surface area (Å²) in [5.41, 5.74) is 3.24. The van der Waals surface area contributed by atoms with Crippen molar-refractivity contribution in [2.24, 2.45) is 0 Å². The van der Waals surface area contributed by atoms with Crippen LogP contribution in [0.3, 0.4) is 0 Å². The van der Waals surface area contributed by atoms with Crippen LogP contribution in [0.1, 0.15) is 10.4 Å². The molecule has 2 aromatic rings. The Morgan fingerprint density at radius 2 is 2.23 bits per heavy atom. The molecule has 3 rings (SSSR count). The Morgan fingerprint density at radius 1 is 1.41 bits per heavy atom. The number of aromatic nitrogens is 1. The van der Waals surface area contributed by atoms with E-state index in [1.165, 1.54) is 17.4 Å². The van der Waals surface area contributed by atoms with Crippen molar-refractivity contribution in [3.8, 4) is 0 Å². The number of rotatable bonds is 5. The van der Waals surface area contributed by atoms with Gasteiger partial charge < -0.3 is 4.90 Å². The Balaban J connectivity index is 1.73. The molecule has 1 amide bonds. The van der Waals surface area contributed by atoms with Gasteiger partial charge in [-0.25, -0.2) is 13.1 Å². The van der Waals surface area contributed by atoms with Gasteiger partial charge in [-0.15, -0.1) is 11.3 Å². The molecule has 1 aliphatic heterocycles. The number of benzene rings is 1. The lowest BCUT2D eigenvalue weighted by Crippen LogP contribution is -2.26. The van der Waals surface area contributed by atoms with Crippen molar-refractivity contribution in [1.29, 1.82) is 0 Å². The Hall–Kier alpha value is -1.77. The Bertz CT molecular complexity index is 801. The highest BCUT2D eigenvalue weighted by Gasteiger charge is 2.26. The van der Waals surface area contributed by atoms with Gasteiger partial charge in [0.2, 0.25) is 15.9 Å². The van der Waals surface area contributed by atoms with E-state index < -0.39 is 10.0 Å². The van der Waals surface area contributed by atoms with Crippen LogP contribution < -0.4 is 9.62 Å². The summed E-state index contributed by atoms with van der Waals surface area (Å²) in [6, 6.07) is 4.78. The van der Waals surface area contributed by atoms with Crippen molar-refractivity contribution in [3.05, 3.63) is 40.3 Å². The van der Waals surface area contributed by atoms with E-state index in [1.54, 1.807) is 35.8 Å². The first-order valence-electron chi connectivity index (χ1n) is 6.74. The third kappa shape index (κ3) is 2.90. The van der Waals surface area contributed by atoms with Gasteiger partial charge in [-0.1, -0.05) is 0 Å². The summed E-state index contributed by atoms with van der Waals surface area (Å²) >= 11 is 1.50. The summed E-state index contributed by atoms with van der Waals surface area (Å²) in [5.74, 6) is -0.0253. The normalized spacial score (nSPS) is 14.4. The maximum atomic E-state index is 12.3. The molecule has 8 heteroatoms. The molecular weight excluding hydrogens is 322 g/mol. The quantitative estimate of drug-likeness (QED) is 0.889. The van der Waals surface area contributed by atoms with Crippen LogP contribution in [0.25, 0.3) is 0 Å². The average Bonchev–Trinajstić information content (AvgIpc) is 3.08. The molecule has 0 saturated heterocycles. The molecule has 22 heavy (non-hydrogen) atoms. The summed E-state index contributed by atoms with van der Waals surface area (Å²) in [6.07, 6.45) is 2.59. The topological polar surface area (TPSA) is 79.4 Å². The number of sulfonamides is 1. The number of amides is 1. The second-order valence-electron chi connectivity index (χ2n) is 5.04. The third-order valence-corrected chi connectivity index (χ3v) is 5.88. The van der Waals surface area contributed by atoms with Crippen LogP contribution in [-0.4, -0.2) is 32.9 Å². The maximum Gasteiger partial charge on any atom is 0.240 e. The van der Waals surface area contributed by atoms with Gasteiger partial charge >= 0.3 is 0 Å². The minimum Gasteiger partial charge on any atom is -0.315 e. The van der Waals surface area contributed by atoms with E-state index in [4.69, 9.17) is 0 Å². The number of likely N-dealkylation sites (N-methyl/N-ethyl adjacent to an activating group) is 1. The predicted octanol–water partition coefficient (Wildman–Crippen LogP) is 1.18. The molecule has 0 radical (unpaired) electrons. The lowest BCUT2D eigenvalue weighted by Gasteiger charge is -2.11. The largest absolute Gasteiger partial charge is 0.315 e. The number of carbonyl (C=O) groups excluding carboxylic acids is 1. The zero-order valence-electron chi connectivity index (χ0n) is 11.9. The van der Waals surface area contributed by atoms with Gasteiger partial charge in [-0.2, -0.15) is 0 Å². The lowest BCUT2D eigenvalue weighted by atomic mass is 10.2. The smallest absolute Gasteiger partial charge is 0.240 e. The van der Waals surface area contributed by atoms with Gasteiger partial charge in [0.25, 0.3) is 0 Å². The highest BCUT2D eigenvalue weighted by atomic mass is 32.2. The second kappa shape index (κ2) is 5.79. The van der Waals surface area contributed by atoms with E-state index in [1.807, 2.05) is 0 Å². The van der Waals surface area contributed by atoms with Crippen LogP contribution in [0, 0.1) is 0 Å². The minimum atomic E-state index is -3.57. The number of fused-ring (bicyclic) bond motifs is 1. The standard InChI is InChI=1S/C14H15N3O3S2/c1-17-13-3-2-12(6-10(13)7-14(17)18)22(19,20)16-5-4-11-8-15-9-21-11/h2-3,6,8-9,16H,4-5,7H2,1H3. The first kappa shape index (κ1) is 15.1. The molecule has 2 heterocycles. The molecule has 0 unspecified atom stereocenters. The predicted molar refractivity (Wildman–Crippen MR) is 84.6 cm³/mol. The van der Waals surface area contributed by atoms with E-state index >= 15 is 0 Å². The zero-order chi connectivity index (χ0) is 15.7. The summed E-state index contributed by atoms with van der Waals surface area (Å²) in [5, 5.41) is 0. The van der Waals surface area contributed by atoms with Crippen molar-refractivity contribution >= 4 is 33.0 Å². The highest BCUT2D eigenvalue weighted by molar-refractivity contribution is 7.89. The van der Waals surface area contributed by atoms with Gasteiger partial charge in [-0.05, 0) is 30.2 Å². The molecule has 1 aromatic heterocycles. The van der Waals surface area contributed by atoms with Gasteiger partial charge in [0.05, 0.1) is 16.8 Å². The molecule has 1 N–H and O–H groups in total. The van der Waals surface area contributed by atoms with Crippen LogP contribution in [0.2, 0.25) is 0 Å². The SMILES string of the molecule is CN1C(=O)Cc2cc(S(=O)(=O)NCCc3cncs3)ccc21. The number of thiazole rings is 1. The van der Waals surface area contributed by atoms with Crippen LogP contribution in [0.4, 0.5) is 5.69 Å². The van der Waals surface area contributed by atoms with E-state index in [0.717, 1.165) is 16.1 Å². The number of anilines is 1. The number of hydrogen-bond donors (Lipinski definition) is 1. The fourth-order valence-corrected chi connectivity index (χ4v) is 4.05. The molecule has 0 aliphatic carbocycles. The third-order valence-electron chi connectivity index (χ3n) is 3.59. The summed E-state index contributed by atoms with van der Waals surface area (Å²) in [4.78, 5) is 18.4. The van der Waals surface area contributed by atoms with Crippen LogP contribution in [0.5, 0.6) is 0 Å². The van der Waals surface area contributed by atoms with Crippen LogP contribution >= 0.6 is 11.3 Å². The van der Waals surface area contributed by atoms with E-state index in [9.17, 15) is 13.2 Å². The van der Waals surface area contributed by atoms with E-state index in [0.29, 0.717) is 13.0 Å². The molecule has 0 spiro atoms. The first-order valence-corrected chi connectivity index (χ1v) is 9.10. The fraction of sp³-hybridized carbons (Fsp3) is 0.286. The lowest BCUT2D eigenvalue weighted by molar-refractivity contribution is -0.117. The summed E-state index contributed by atoms with van der Waals surface area (Å²) in [7, 11) is -1.88. The van der Waals surface area contributed by atoms with Crippen molar-refractivity contribution < 1.29 is 13.2 Å². The van der Waals surface area contributed by atoms with E-state index in [2.05, 4.69) is 9.71 Å². The molecule has 0 bridgehead atoms. The van der Waals surface area contributed by atoms with Gasteiger partial charge in [-0.3, -0.25) is 9.78 Å². The van der Waals surface area contributed by atoms with Gasteiger partial charge in [0.1, 0.15) is 0 Å². The van der Waals surface area contributed by atoms with Crippen LogP contribution in [-0.2, 0) is 27.7 Å². The summed E-state index contributed by atoms with van der Waals surface area (Å²) in [6.45, 7) is 0.320. The minimum absolute atomic E-state index is 0.0253. The highest BCUT2D eigenvalue weighted by Crippen LogP contribution is 2.29.